The van der Waals surface area contributed by atoms with E-state index < -0.39 is 5.82 Å². The van der Waals surface area contributed by atoms with Crippen LogP contribution >= 0.6 is 0 Å². The zero-order valence-electron chi connectivity index (χ0n) is 22.3. The molecule has 1 aliphatic heterocycles. The van der Waals surface area contributed by atoms with Crippen LogP contribution in [0.4, 0.5) is 4.39 Å². The molecule has 0 unspecified atom stereocenters. The number of aryl methyl sites for hydroxylation is 1. The van der Waals surface area contributed by atoms with Crippen LogP contribution in [0.15, 0.2) is 88.3 Å². The first-order valence-electron chi connectivity index (χ1n) is 13.4. The van der Waals surface area contributed by atoms with Gasteiger partial charge in [0.2, 0.25) is 5.91 Å². The Morgan fingerprint density at radius 2 is 1.75 bits per heavy atom. The molecule has 1 aliphatic rings. The van der Waals surface area contributed by atoms with Crippen LogP contribution in [0.2, 0.25) is 0 Å². The summed E-state index contributed by atoms with van der Waals surface area (Å²) in [5, 5.41) is 0.455. The number of carbonyl (C=O) groups excluding carboxylic acids is 2. The average Bonchev–Trinajstić information content (AvgIpc) is 3.48. The summed E-state index contributed by atoms with van der Waals surface area (Å²) in [5.74, 6) is -1.16. The maximum Gasteiger partial charge on any atom is 0.254 e. The summed E-state index contributed by atoms with van der Waals surface area (Å²) in [4.78, 5) is 43.7. The van der Waals surface area contributed by atoms with E-state index in [1.807, 2.05) is 43.3 Å². The van der Waals surface area contributed by atoms with Crippen LogP contribution < -0.4 is 5.43 Å². The van der Waals surface area contributed by atoms with Crippen LogP contribution in [0.5, 0.6) is 0 Å². The third kappa shape index (κ3) is 6.46. The van der Waals surface area contributed by atoms with Crippen LogP contribution in [0.3, 0.4) is 0 Å². The van der Waals surface area contributed by atoms with Crippen LogP contribution in [-0.4, -0.2) is 47.4 Å². The monoisotopic (exact) mass is 542 g/mol. The second-order valence-corrected chi connectivity index (χ2v) is 10.2. The Morgan fingerprint density at radius 3 is 2.48 bits per heavy atom. The van der Waals surface area contributed by atoms with Gasteiger partial charge in [-0.15, -0.1) is 0 Å². The van der Waals surface area contributed by atoms with Crippen molar-refractivity contribution in [3.63, 3.8) is 0 Å². The van der Waals surface area contributed by atoms with Gasteiger partial charge >= 0.3 is 0 Å². The largest absolute Gasteiger partial charge is 0.464 e. The van der Waals surface area contributed by atoms with Gasteiger partial charge < -0.3 is 19.0 Å². The minimum atomic E-state index is -0.447. The molecule has 206 valence electrons. The molecule has 8 heteroatoms. The first-order chi connectivity index (χ1) is 19.4. The van der Waals surface area contributed by atoms with E-state index in [0.717, 1.165) is 24.0 Å². The van der Waals surface area contributed by atoms with E-state index in [-0.39, 0.29) is 55.1 Å². The van der Waals surface area contributed by atoms with Crippen molar-refractivity contribution in [1.82, 2.24) is 9.80 Å². The Morgan fingerprint density at radius 1 is 0.975 bits per heavy atom. The lowest BCUT2D eigenvalue weighted by atomic mass is 10.1. The van der Waals surface area contributed by atoms with E-state index in [2.05, 4.69) is 0 Å². The van der Waals surface area contributed by atoms with E-state index in [4.69, 9.17) is 9.15 Å². The van der Waals surface area contributed by atoms with Gasteiger partial charge in [-0.1, -0.05) is 42.0 Å². The summed E-state index contributed by atoms with van der Waals surface area (Å²) in [5.41, 5.74) is 2.72. The molecule has 5 rings (SSSR count). The van der Waals surface area contributed by atoms with E-state index >= 15 is 0 Å². The molecule has 0 spiro atoms. The third-order valence-corrected chi connectivity index (χ3v) is 7.08. The lowest BCUT2D eigenvalue weighted by molar-refractivity contribution is -0.133. The Hall–Kier alpha value is -4.30. The number of nitrogens with zero attached hydrogens (tertiary/aromatic N) is 2. The summed E-state index contributed by atoms with van der Waals surface area (Å²) in [6.45, 7) is 2.77. The SMILES string of the molecule is Cc1ccc2occ(CN(Cc3ccccc3)C(=O)CN(C[C@@H]3CCCO3)C(=O)c3ccc(F)cc3)c(=O)c2c1. The van der Waals surface area contributed by atoms with Gasteiger partial charge in [-0.25, -0.2) is 4.39 Å². The van der Waals surface area contributed by atoms with Crippen molar-refractivity contribution in [2.45, 2.75) is 39.0 Å². The number of hydrogen-bond donors (Lipinski definition) is 0. The maximum absolute atomic E-state index is 13.9. The molecule has 3 aromatic carbocycles. The van der Waals surface area contributed by atoms with Crippen LogP contribution in [0.25, 0.3) is 11.0 Å². The summed E-state index contributed by atoms with van der Waals surface area (Å²) >= 11 is 0. The number of carbonyl (C=O) groups is 2. The lowest BCUT2D eigenvalue weighted by Gasteiger charge is -2.29. The second-order valence-electron chi connectivity index (χ2n) is 10.2. The summed E-state index contributed by atoms with van der Waals surface area (Å²) in [6, 6.07) is 20.1. The van der Waals surface area contributed by atoms with Gasteiger partial charge in [-0.2, -0.15) is 0 Å². The molecule has 0 N–H and O–H groups in total. The van der Waals surface area contributed by atoms with Gasteiger partial charge in [0, 0.05) is 25.3 Å². The number of halogens is 1. The molecule has 2 heterocycles. The number of amides is 2. The smallest absolute Gasteiger partial charge is 0.254 e. The summed E-state index contributed by atoms with van der Waals surface area (Å²) in [7, 11) is 0. The van der Waals surface area contributed by atoms with E-state index in [0.29, 0.717) is 23.1 Å². The van der Waals surface area contributed by atoms with Gasteiger partial charge in [-0.05, 0) is 61.7 Å². The molecule has 2 amide bonds. The third-order valence-electron chi connectivity index (χ3n) is 7.08. The normalized spacial score (nSPS) is 14.8. The fourth-order valence-corrected chi connectivity index (χ4v) is 4.93. The van der Waals surface area contributed by atoms with Gasteiger partial charge in [0.1, 0.15) is 17.9 Å². The van der Waals surface area contributed by atoms with E-state index in [1.165, 1.54) is 35.4 Å². The van der Waals surface area contributed by atoms with Gasteiger partial charge in [-0.3, -0.25) is 14.4 Å². The van der Waals surface area contributed by atoms with Crippen molar-refractivity contribution in [3.05, 3.63) is 117 Å². The molecule has 1 fully saturated rings. The van der Waals surface area contributed by atoms with Gasteiger partial charge in [0.05, 0.1) is 29.9 Å². The zero-order valence-corrected chi connectivity index (χ0v) is 22.3. The number of fused-ring (bicyclic) bond motifs is 1. The molecule has 0 bridgehead atoms. The topological polar surface area (TPSA) is 80.1 Å². The van der Waals surface area contributed by atoms with Crippen LogP contribution in [-0.2, 0) is 22.6 Å². The van der Waals surface area contributed by atoms with Crippen molar-refractivity contribution in [3.8, 4) is 0 Å². The molecule has 0 saturated carbocycles. The fraction of sp³-hybridized carbons (Fsp3) is 0.281. The Bertz CT molecular complexity index is 1550. The highest BCUT2D eigenvalue weighted by Crippen LogP contribution is 2.18. The highest BCUT2D eigenvalue weighted by molar-refractivity contribution is 5.96. The predicted octanol–water partition coefficient (Wildman–Crippen LogP) is 5.09. The van der Waals surface area contributed by atoms with Crippen LogP contribution in [0.1, 0.15) is 39.9 Å². The Balaban J connectivity index is 1.44. The number of rotatable bonds is 9. The maximum atomic E-state index is 13.9. The van der Waals surface area contributed by atoms with Crippen LogP contribution in [0, 0.1) is 12.7 Å². The van der Waals surface area contributed by atoms with Crippen molar-refractivity contribution in [2.75, 3.05) is 19.7 Å². The number of hydrogen-bond acceptors (Lipinski definition) is 5. The van der Waals surface area contributed by atoms with Gasteiger partial charge in [0.25, 0.3) is 5.91 Å². The Labute approximate surface area is 231 Å². The zero-order chi connectivity index (χ0) is 28.1. The lowest BCUT2D eigenvalue weighted by Crippen LogP contribution is -2.45. The minimum absolute atomic E-state index is 0.0124. The van der Waals surface area contributed by atoms with Crippen molar-refractivity contribution >= 4 is 22.8 Å². The highest BCUT2D eigenvalue weighted by atomic mass is 19.1. The quantitative estimate of drug-likeness (QED) is 0.294. The second kappa shape index (κ2) is 12.3. The first-order valence-corrected chi connectivity index (χ1v) is 13.4. The summed E-state index contributed by atoms with van der Waals surface area (Å²) in [6.07, 6.45) is 2.89. The highest BCUT2D eigenvalue weighted by Gasteiger charge is 2.28. The Kier molecular flexibility index (Phi) is 8.36. The molecule has 1 aromatic heterocycles. The molecular weight excluding hydrogens is 511 g/mol. The molecule has 0 radical (unpaired) electrons. The fourth-order valence-electron chi connectivity index (χ4n) is 4.93. The number of ether oxygens (including phenoxy) is 1. The average molecular weight is 543 g/mol. The predicted molar refractivity (Wildman–Crippen MR) is 149 cm³/mol. The molecular formula is C32H31FN2O5. The van der Waals surface area contributed by atoms with E-state index in [9.17, 15) is 18.8 Å². The van der Waals surface area contributed by atoms with Gasteiger partial charge in [0.15, 0.2) is 5.43 Å². The molecule has 4 aromatic rings. The number of benzene rings is 3. The molecule has 1 saturated heterocycles. The summed E-state index contributed by atoms with van der Waals surface area (Å²) < 4.78 is 25.0. The van der Waals surface area contributed by atoms with E-state index in [1.54, 1.807) is 17.0 Å². The molecule has 0 aliphatic carbocycles. The first kappa shape index (κ1) is 27.3. The molecule has 7 nitrogen and oxygen atoms in total. The van der Waals surface area contributed by atoms with Crippen molar-refractivity contribution in [1.29, 1.82) is 0 Å². The van der Waals surface area contributed by atoms with Crippen molar-refractivity contribution in [2.24, 2.45) is 0 Å². The standard InChI is InChI=1S/C32H31FN2O5/c1-22-9-14-29-28(16-22)31(37)25(21-40-29)18-34(17-23-6-3-2-4-7-23)30(36)20-35(19-27-8-5-15-39-27)32(38)24-10-12-26(33)13-11-24/h2-4,6-7,9-14,16,21,27H,5,8,15,17-20H2,1H3/t27-/m0/s1. The minimum Gasteiger partial charge on any atom is -0.464 e. The van der Waals surface area contributed by atoms with Crippen molar-refractivity contribution < 1.29 is 23.1 Å². The molecule has 1 atom stereocenters. The molecule has 40 heavy (non-hydrogen) atoms.